The zero-order valence-corrected chi connectivity index (χ0v) is 11.2. The van der Waals surface area contributed by atoms with Gasteiger partial charge in [0.1, 0.15) is 0 Å². The molecule has 0 N–H and O–H groups in total. The molecule has 1 atom stereocenters. The lowest BCUT2D eigenvalue weighted by Crippen LogP contribution is -2.24. The highest BCUT2D eigenvalue weighted by Gasteiger charge is 2.11. The Hall–Kier alpha value is -0.700. The summed E-state index contributed by atoms with van der Waals surface area (Å²) < 4.78 is 1.85. The molecule has 0 fully saturated rings. The number of allylic oxidation sites excluding steroid dienone is 3. The summed E-state index contributed by atoms with van der Waals surface area (Å²) in [6, 6.07) is 0. The minimum atomic E-state index is 0.223. The van der Waals surface area contributed by atoms with Crippen molar-refractivity contribution in [3.63, 3.8) is 0 Å². The molecule has 16 heavy (non-hydrogen) atoms. The smallest absolute Gasteiger partial charge is 0.232 e. The van der Waals surface area contributed by atoms with Crippen LogP contribution in [0.25, 0.3) is 0 Å². The Morgan fingerprint density at radius 2 is 2.38 bits per heavy atom. The van der Waals surface area contributed by atoms with Gasteiger partial charge in [-0.25, -0.2) is 0 Å². The number of carbonyl (C=O) groups is 1. The van der Waals surface area contributed by atoms with Gasteiger partial charge in [0.15, 0.2) is 0 Å². The lowest BCUT2D eigenvalue weighted by atomic mass is 9.97. The highest BCUT2D eigenvalue weighted by molar-refractivity contribution is 7.96. The van der Waals surface area contributed by atoms with Gasteiger partial charge in [0, 0.05) is 19.2 Å². The molecule has 0 bridgehead atoms. The molecule has 0 aromatic rings. The Balaban J connectivity index is 2.39. The van der Waals surface area contributed by atoms with Crippen molar-refractivity contribution in [1.82, 2.24) is 4.31 Å². The van der Waals surface area contributed by atoms with Gasteiger partial charge in [-0.3, -0.25) is 9.10 Å². The van der Waals surface area contributed by atoms with E-state index in [0.717, 1.165) is 19.4 Å². The van der Waals surface area contributed by atoms with Crippen LogP contribution in [0.1, 0.15) is 33.1 Å². The van der Waals surface area contributed by atoms with Crippen molar-refractivity contribution in [3.8, 4) is 0 Å². The summed E-state index contributed by atoms with van der Waals surface area (Å²) in [6.07, 6.45) is 11.4. The molecule has 0 heterocycles. The SMILES string of the molecule is CCC(=O)N(CCC1=CCC(C)C=C1)SC. The van der Waals surface area contributed by atoms with E-state index in [-0.39, 0.29) is 5.91 Å². The minimum Gasteiger partial charge on any atom is -0.286 e. The fourth-order valence-electron chi connectivity index (χ4n) is 1.68. The molecule has 0 aliphatic heterocycles. The van der Waals surface area contributed by atoms with Crippen molar-refractivity contribution in [3.05, 3.63) is 23.8 Å². The molecule has 1 aliphatic rings. The fraction of sp³-hybridized carbons (Fsp3) is 0.615. The third-order valence-corrected chi connectivity index (χ3v) is 3.62. The van der Waals surface area contributed by atoms with Crippen LogP contribution in [-0.4, -0.2) is 23.0 Å². The molecule has 0 saturated heterocycles. The molecule has 0 saturated carbocycles. The molecule has 1 amide bonds. The number of hydrogen-bond acceptors (Lipinski definition) is 2. The summed E-state index contributed by atoms with van der Waals surface area (Å²) >= 11 is 1.52. The number of rotatable bonds is 5. The number of nitrogens with zero attached hydrogens (tertiary/aromatic N) is 1. The Morgan fingerprint density at radius 1 is 1.62 bits per heavy atom. The standard InChI is InChI=1S/C13H21NOS/c1-4-13(15)14(16-3)10-9-12-7-5-11(2)6-8-12/h5,7-8,11H,4,6,9-10H2,1-3H3. The van der Waals surface area contributed by atoms with E-state index < -0.39 is 0 Å². The third kappa shape index (κ3) is 4.05. The molecule has 0 aromatic heterocycles. The largest absolute Gasteiger partial charge is 0.286 e. The van der Waals surface area contributed by atoms with E-state index in [0.29, 0.717) is 12.3 Å². The Labute approximate surface area is 103 Å². The quantitative estimate of drug-likeness (QED) is 0.685. The first-order valence-corrected chi connectivity index (χ1v) is 7.07. The lowest BCUT2D eigenvalue weighted by Gasteiger charge is -2.20. The lowest BCUT2D eigenvalue weighted by molar-refractivity contribution is -0.125. The second kappa shape index (κ2) is 6.79. The van der Waals surface area contributed by atoms with Crippen LogP contribution in [0.4, 0.5) is 0 Å². The van der Waals surface area contributed by atoms with Crippen LogP contribution in [0.5, 0.6) is 0 Å². The van der Waals surface area contributed by atoms with Crippen LogP contribution in [0, 0.1) is 5.92 Å². The fourth-order valence-corrected chi connectivity index (χ4v) is 2.29. The predicted octanol–water partition coefficient (Wildman–Crippen LogP) is 3.42. The molecular formula is C13H21NOS. The van der Waals surface area contributed by atoms with E-state index in [4.69, 9.17) is 0 Å². The first-order chi connectivity index (χ1) is 7.67. The van der Waals surface area contributed by atoms with Gasteiger partial charge in [-0.1, -0.05) is 49.6 Å². The maximum absolute atomic E-state index is 11.5. The second-order valence-electron chi connectivity index (χ2n) is 4.13. The molecular weight excluding hydrogens is 218 g/mol. The van der Waals surface area contributed by atoms with Gasteiger partial charge >= 0.3 is 0 Å². The molecule has 1 aliphatic carbocycles. The maximum atomic E-state index is 11.5. The van der Waals surface area contributed by atoms with Crippen molar-refractivity contribution in [2.75, 3.05) is 12.8 Å². The number of amides is 1. The van der Waals surface area contributed by atoms with Crippen LogP contribution in [0.15, 0.2) is 23.8 Å². The van der Waals surface area contributed by atoms with Gasteiger partial charge in [0.2, 0.25) is 5.91 Å². The van der Waals surface area contributed by atoms with E-state index >= 15 is 0 Å². The Kier molecular flexibility index (Phi) is 5.67. The monoisotopic (exact) mass is 239 g/mol. The zero-order valence-electron chi connectivity index (χ0n) is 10.4. The van der Waals surface area contributed by atoms with Gasteiger partial charge in [-0.2, -0.15) is 0 Å². The average molecular weight is 239 g/mol. The normalized spacial score (nSPS) is 19.4. The third-order valence-electron chi connectivity index (χ3n) is 2.80. The van der Waals surface area contributed by atoms with Crippen LogP contribution < -0.4 is 0 Å². The van der Waals surface area contributed by atoms with Crippen molar-refractivity contribution in [2.45, 2.75) is 33.1 Å². The first kappa shape index (κ1) is 13.4. The van der Waals surface area contributed by atoms with Crippen LogP contribution in [0.2, 0.25) is 0 Å². The summed E-state index contributed by atoms with van der Waals surface area (Å²) in [5.41, 5.74) is 1.36. The molecule has 2 nitrogen and oxygen atoms in total. The van der Waals surface area contributed by atoms with Crippen LogP contribution >= 0.6 is 11.9 Å². The van der Waals surface area contributed by atoms with Crippen molar-refractivity contribution >= 4 is 17.9 Å². The topological polar surface area (TPSA) is 20.3 Å². The van der Waals surface area contributed by atoms with E-state index in [1.807, 2.05) is 17.5 Å². The zero-order chi connectivity index (χ0) is 12.0. The Morgan fingerprint density at radius 3 is 2.88 bits per heavy atom. The van der Waals surface area contributed by atoms with Crippen molar-refractivity contribution < 1.29 is 4.79 Å². The molecule has 0 radical (unpaired) electrons. The summed E-state index contributed by atoms with van der Waals surface area (Å²) in [6.45, 7) is 4.95. The first-order valence-electron chi connectivity index (χ1n) is 5.89. The summed E-state index contributed by atoms with van der Waals surface area (Å²) in [4.78, 5) is 11.5. The molecule has 90 valence electrons. The van der Waals surface area contributed by atoms with E-state index in [1.54, 1.807) is 0 Å². The minimum absolute atomic E-state index is 0.223. The van der Waals surface area contributed by atoms with E-state index in [1.165, 1.54) is 17.5 Å². The Bertz CT molecular complexity index is 296. The number of carbonyl (C=O) groups excluding carboxylic acids is 1. The molecule has 1 rings (SSSR count). The van der Waals surface area contributed by atoms with Crippen LogP contribution in [-0.2, 0) is 4.79 Å². The van der Waals surface area contributed by atoms with Gasteiger partial charge in [-0.15, -0.1) is 0 Å². The predicted molar refractivity (Wildman–Crippen MR) is 71.1 cm³/mol. The second-order valence-corrected chi connectivity index (χ2v) is 4.94. The van der Waals surface area contributed by atoms with Gasteiger partial charge in [0.05, 0.1) is 0 Å². The number of hydrogen-bond donors (Lipinski definition) is 0. The highest BCUT2D eigenvalue weighted by Crippen LogP contribution is 2.19. The molecule has 0 spiro atoms. The molecule has 1 unspecified atom stereocenters. The van der Waals surface area contributed by atoms with Crippen molar-refractivity contribution in [1.29, 1.82) is 0 Å². The van der Waals surface area contributed by atoms with Crippen LogP contribution in [0.3, 0.4) is 0 Å². The summed E-state index contributed by atoms with van der Waals surface area (Å²) in [5, 5.41) is 0. The van der Waals surface area contributed by atoms with Gasteiger partial charge < -0.3 is 0 Å². The molecule has 0 aromatic carbocycles. The summed E-state index contributed by atoms with van der Waals surface area (Å²) in [5.74, 6) is 0.888. The van der Waals surface area contributed by atoms with E-state index in [2.05, 4.69) is 25.2 Å². The van der Waals surface area contributed by atoms with Gasteiger partial charge in [-0.05, 0) is 18.8 Å². The highest BCUT2D eigenvalue weighted by atomic mass is 32.2. The summed E-state index contributed by atoms with van der Waals surface area (Å²) in [7, 11) is 0. The molecule has 3 heteroatoms. The maximum Gasteiger partial charge on any atom is 0.232 e. The van der Waals surface area contributed by atoms with E-state index in [9.17, 15) is 4.79 Å². The van der Waals surface area contributed by atoms with Crippen molar-refractivity contribution in [2.24, 2.45) is 5.92 Å². The average Bonchev–Trinajstić information content (AvgIpc) is 2.31. The van der Waals surface area contributed by atoms with Gasteiger partial charge in [0.25, 0.3) is 0 Å².